The van der Waals surface area contributed by atoms with Gasteiger partial charge in [-0.3, -0.25) is 0 Å². The Kier molecular flexibility index (Phi) is 2.25. The second kappa shape index (κ2) is 3.26. The number of hydrogen-bond acceptors (Lipinski definition) is 4. The first kappa shape index (κ1) is 8.96. The first-order chi connectivity index (χ1) is 6.16. The lowest BCUT2D eigenvalue weighted by atomic mass is 10.2. The number of nitrogens with zero attached hydrogens (tertiary/aromatic N) is 2. The van der Waals surface area contributed by atoms with E-state index in [0.29, 0.717) is 19.5 Å². The number of hydrogen-bond donors (Lipinski definition) is 0. The van der Waals surface area contributed by atoms with E-state index >= 15 is 0 Å². The van der Waals surface area contributed by atoms with Crippen LogP contribution in [0.5, 0.6) is 0 Å². The van der Waals surface area contributed by atoms with Gasteiger partial charge in [0.15, 0.2) is 3.92 Å². The first-order valence-electron chi connectivity index (χ1n) is 3.77. The molecule has 70 valence electrons. The fourth-order valence-corrected chi connectivity index (χ4v) is 2.97. The molecule has 0 saturated carbocycles. The minimum atomic E-state index is -1.10. The molecule has 6 heteroatoms. The summed E-state index contributed by atoms with van der Waals surface area (Å²) in [5.41, 5.74) is 1.01. The molecule has 1 amide bonds. The molecular weight excluding hydrogens is 256 g/mol. The number of carbonyl (C=O) groups is 1. The van der Waals surface area contributed by atoms with E-state index in [1.807, 2.05) is 0 Å². The van der Waals surface area contributed by atoms with Crippen molar-refractivity contribution in [3.8, 4) is 0 Å². The summed E-state index contributed by atoms with van der Waals surface area (Å²) in [4.78, 5) is 17.1. The number of thiazole rings is 1. The monoisotopic (exact) mass is 261 g/mol. The van der Waals surface area contributed by atoms with Crippen LogP contribution in [0.25, 0.3) is 0 Å². The average molecular weight is 262 g/mol. The molecule has 0 saturated heterocycles. The quantitative estimate of drug-likeness (QED) is 0.688. The molecule has 13 heavy (non-hydrogen) atoms. The standard InChI is InChI=1S/C7H7BrN2O2S/c8-6-9-4-1-2-10(7(11)12)3-5(4)13-6/h1-3H2,(H,11,12)/p-1. The van der Waals surface area contributed by atoms with Gasteiger partial charge in [0.05, 0.1) is 12.2 Å². The molecular formula is C7H6BrN2O2S-. The molecule has 4 nitrogen and oxygen atoms in total. The average Bonchev–Trinajstić information content (AvgIpc) is 2.42. The Morgan fingerprint density at radius 2 is 2.46 bits per heavy atom. The van der Waals surface area contributed by atoms with Gasteiger partial charge in [0.1, 0.15) is 6.09 Å². The summed E-state index contributed by atoms with van der Waals surface area (Å²) in [5.74, 6) is 0. The minimum Gasteiger partial charge on any atom is -0.530 e. The van der Waals surface area contributed by atoms with E-state index in [1.165, 1.54) is 16.2 Å². The molecule has 0 unspecified atom stereocenters. The van der Waals surface area contributed by atoms with Crippen LogP contribution in [-0.4, -0.2) is 22.5 Å². The summed E-state index contributed by atoms with van der Waals surface area (Å²) in [7, 11) is 0. The number of amides is 1. The summed E-state index contributed by atoms with van der Waals surface area (Å²) in [6, 6.07) is 0. The third kappa shape index (κ3) is 1.68. The van der Waals surface area contributed by atoms with Crippen molar-refractivity contribution in [2.45, 2.75) is 13.0 Å². The van der Waals surface area contributed by atoms with Gasteiger partial charge < -0.3 is 14.8 Å². The fourth-order valence-electron chi connectivity index (χ4n) is 1.32. The Labute approximate surface area is 87.3 Å². The van der Waals surface area contributed by atoms with E-state index in [1.54, 1.807) is 0 Å². The molecule has 0 N–H and O–H groups in total. The highest BCUT2D eigenvalue weighted by Crippen LogP contribution is 2.27. The lowest BCUT2D eigenvalue weighted by Crippen LogP contribution is -2.43. The van der Waals surface area contributed by atoms with Crippen molar-refractivity contribution in [2.75, 3.05) is 6.54 Å². The van der Waals surface area contributed by atoms with Crippen LogP contribution < -0.4 is 5.11 Å². The third-order valence-corrected chi connectivity index (χ3v) is 3.50. The SMILES string of the molecule is O=C([O-])N1CCc2nc(Br)sc2C1. The van der Waals surface area contributed by atoms with Crippen molar-refractivity contribution in [1.29, 1.82) is 0 Å². The highest BCUT2D eigenvalue weighted by atomic mass is 79.9. The van der Waals surface area contributed by atoms with Gasteiger partial charge in [0.2, 0.25) is 0 Å². The smallest absolute Gasteiger partial charge is 0.159 e. The van der Waals surface area contributed by atoms with E-state index in [0.717, 1.165) is 14.5 Å². The molecule has 0 atom stereocenters. The van der Waals surface area contributed by atoms with Gasteiger partial charge in [-0.15, -0.1) is 11.3 Å². The van der Waals surface area contributed by atoms with Crippen LogP contribution in [0.4, 0.5) is 4.79 Å². The Bertz CT molecular complexity index is 352. The lowest BCUT2D eigenvalue weighted by Gasteiger charge is -2.27. The van der Waals surface area contributed by atoms with Gasteiger partial charge >= 0.3 is 0 Å². The largest absolute Gasteiger partial charge is 0.530 e. The molecule has 0 aliphatic carbocycles. The number of rotatable bonds is 0. The van der Waals surface area contributed by atoms with Crippen LogP contribution in [0.1, 0.15) is 10.6 Å². The summed E-state index contributed by atoms with van der Waals surface area (Å²) in [5, 5.41) is 10.6. The van der Waals surface area contributed by atoms with Crippen LogP contribution in [0.15, 0.2) is 3.92 Å². The molecule has 1 aromatic rings. The maximum absolute atomic E-state index is 10.6. The van der Waals surface area contributed by atoms with Crippen molar-refractivity contribution in [3.63, 3.8) is 0 Å². The lowest BCUT2D eigenvalue weighted by molar-refractivity contribution is -0.266. The summed E-state index contributed by atoms with van der Waals surface area (Å²) >= 11 is 4.76. The van der Waals surface area contributed by atoms with E-state index in [4.69, 9.17) is 0 Å². The third-order valence-electron chi connectivity index (χ3n) is 1.96. The molecule has 1 aliphatic heterocycles. The van der Waals surface area contributed by atoms with Crippen molar-refractivity contribution in [1.82, 2.24) is 9.88 Å². The number of fused-ring (bicyclic) bond motifs is 1. The highest BCUT2D eigenvalue weighted by molar-refractivity contribution is 9.11. The van der Waals surface area contributed by atoms with Crippen LogP contribution in [-0.2, 0) is 13.0 Å². The summed E-state index contributed by atoms with van der Waals surface area (Å²) < 4.78 is 0.817. The molecule has 0 spiro atoms. The number of aromatic nitrogens is 1. The highest BCUT2D eigenvalue weighted by Gasteiger charge is 2.19. The predicted molar refractivity (Wildman–Crippen MR) is 49.3 cm³/mol. The molecule has 0 aromatic carbocycles. The molecule has 2 heterocycles. The van der Waals surface area contributed by atoms with Crippen LogP contribution in [0, 0.1) is 0 Å². The molecule has 0 fully saturated rings. The van der Waals surface area contributed by atoms with Crippen LogP contribution in [0.3, 0.4) is 0 Å². The zero-order valence-electron chi connectivity index (χ0n) is 6.62. The second-order valence-electron chi connectivity index (χ2n) is 2.77. The molecule has 1 aromatic heterocycles. The van der Waals surface area contributed by atoms with Gasteiger partial charge in [-0.05, 0) is 15.9 Å². The first-order valence-corrected chi connectivity index (χ1v) is 5.38. The topological polar surface area (TPSA) is 56.3 Å². The van der Waals surface area contributed by atoms with E-state index in [-0.39, 0.29) is 0 Å². The zero-order chi connectivity index (χ0) is 9.42. The summed E-state index contributed by atoms with van der Waals surface area (Å²) in [6.45, 7) is 0.909. The normalized spacial score (nSPS) is 15.6. The fraction of sp³-hybridized carbons (Fsp3) is 0.429. The molecule has 2 rings (SSSR count). The molecule has 0 radical (unpaired) electrons. The van der Waals surface area contributed by atoms with Crippen LogP contribution >= 0.6 is 27.3 Å². The van der Waals surface area contributed by atoms with Crippen molar-refractivity contribution in [2.24, 2.45) is 0 Å². The van der Waals surface area contributed by atoms with Gasteiger partial charge in [-0.2, -0.15) is 0 Å². The number of halogens is 1. The number of carboxylic acid groups (broad SMARTS) is 1. The Morgan fingerprint density at radius 3 is 3.15 bits per heavy atom. The maximum Gasteiger partial charge on any atom is 0.159 e. The van der Waals surface area contributed by atoms with Crippen molar-refractivity contribution >= 4 is 33.4 Å². The molecule has 0 bridgehead atoms. The van der Waals surface area contributed by atoms with Crippen molar-refractivity contribution < 1.29 is 9.90 Å². The van der Waals surface area contributed by atoms with Gasteiger partial charge in [0, 0.05) is 17.8 Å². The zero-order valence-corrected chi connectivity index (χ0v) is 9.02. The van der Waals surface area contributed by atoms with Crippen molar-refractivity contribution in [3.05, 3.63) is 14.5 Å². The van der Waals surface area contributed by atoms with Gasteiger partial charge in [-0.25, -0.2) is 4.98 Å². The Balaban J connectivity index is 2.24. The maximum atomic E-state index is 10.6. The van der Waals surface area contributed by atoms with E-state index in [2.05, 4.69) is 20.9 Å². The van der Waals surface area contributed by atoms with E-state index < -0.39 is 6.09 Å². The second-order valence-corrected chi connectivity index (χ2v) is 5.13. The Hall–Kier alpha value is -0.620. The van der Waals surface area contributed by atoms with Crippen LogP contribution in [0.2, 0.25) is 0 Å². The predicted octanol–water partition coefficient (Wildman–Crippen LogP) is 0.607. The minimum absolute atomic E-state index is 0.418. The Morgan fingerprint density at radius 1 is 1.69 bits per heavy atom. The molecule has 1 aliphatic rings. The summed E-state index contributed by atoms with van der Waals surface area (Å²) in [6.07, 6.45) is -0.416. The van der Waals surface area contributed by atoms with Gasteiger partial charge in [-0.1, -0.05) is 0 Å². The number of carbonyl (C=O) groups excluding carboxylic acids is 1. The van der Waals surface area contributed by atoms with E-state index in [9.17, 15) is 9.90 Å². The van der Waals surface area contributed by atoms with Gasteiger partial charge in [0.25, 0.3) is 0 Å².